The van der Waals surface area contributed by atoms with E-state index >= 15 is 0 Å². The van der Waals surface area contributed by atoms with Gasteiger partial charge in [0.2, 0.25) is 0 Å². The lowest BCUT2D eigenvalue weighted by Crippen LogP contribution is -2.36. The van der Waals surface area contributed by atoms with Crippen molar-refractivity contribution in [1.82, 2.24) is 10.2 Å². The fraction of sp³-hybridized carbons (Fsp3) is 0.250. The summed E-state index contributed by atoms with van der Waals surface area (Å²) >= 11 is 0. The van der Waals surface area contributed by atoms with Crippen LogP contribution in [0.3, 0.4) is 0 Å². The molecule has 172 valence electrons. The predicted molar refractivity (Wildman–Crippen MR) is 117 cm³/mol. The van der Waals surface area contributed by atoms with E-state index in [2.05, 4.69) is 15.5 Å². The van der Waals surface area contributed by atoms with Gasteiger partial charge in [0.25, 0.3) is 11.8 Å². The lowest BCUT2D eigenvalue weighted by atomic mass is 10.1. The summed E-state index contributed by atoms with van der Waals surface area (Å²) in [6.45, 7) is 2.13. The molecular weight excluding hydrogens is 432 g/mol. The molecule has 2 heterocycles. The van der Waals surface area contributed by atoms with Crippen LogP contribution in [0.1, 0.15) is 45.4 Å². The number of halogens is 2. The first-order valence-corrected chi connectivity index (χ1v) is 10.6. The second-order valence-corrected chi connectivity index (χ2v) is 7.83. The van der Waals surface area contributed by atoms with Crippen molar-refractivity contribution in [2.45, 2.75) is 18.9 Å². The minimum absolute atomic E-state index is 0.0319. The van der Waals surface area contributed by atoms with Crippen LogP contribution >= 0.6 is 0 Å². The minimum atomic E-state index is -0.878. The van der Waals surface area contributed by atoms with E-state index in [1.54, 1.807) is 12.3 Å². The van der Waals surface area contributed by atoms with Crippen molar-refractivity contribution >= 4 is 17.5 Å². The van der Waals surface area contributed by atoms with E-state index in [4.69, 9.17) is 4.42 Å². The second-order valence-electron chi connectivity index (χ2n) is 7.83. The summed E-state index contributed by atoms with van der Waals surface area (Å²) in [5, 5.41) is 15.6. The summed E-state index contributed by atoms with van der Waals surface area (Å²) < 4.78 is 32.2. The highest BCUT2D eigenvalue weighted by Crippen LogP contribution is 2.26. The molecule has 0 spiro atoms. The third kappa shape index (κ3) is 5.38. The Balaban J connectivity index is 1.41. The maximum absolute atomic E-state index is 13.3. The largest absolute Gasteiger partial charge is 0.507 e. The first-order chi connectivity index (χ1) is 15.9. The van der Waals surface area contributed by atoms with E-state index in [1.807, 2.05) is 6.07 Å². The van der Waals surface area contributed by atoms with Gasteiger partial charge in [0.05, 0.1) is 17.9 Å². The molecule has 2 aromatic carbocycles. The van der Waals surface area contributed by atoms with Gasteiger partial charge in [-0.1, -0.05) is 0 Å². The van der Waals surface area contributed by atoms with Crippen LogP contribution in [-0.4, -0.2) is 41.5 Å². The van der Waals surface area contributed by atoms with Gasteiger partial charge in [-0.05, 0) is 62.3 Å². The summed E-state index contributed by atoms with van der Waals surface area (Å²) in [7, 11) is 0. The normalized spacial score (nSPS) is 14.7. The maximum Gasteiger partial charge on any atom is 0.255 e. The quantitative estimate of drug-likeness (QED) is 0.499. The monoisotopic (exact) mass is 455 g/mol. The number of carbonyl (C=O) groups is 2. The van der Waals surface area contributed by atoms with Crippen molar-refractivity contribution in [1.29, 1.82) is 0 Å². The van der Waals surface area contributed by atoms with Crippen LogP contribution in [0.15, 0.2) is 59.2 Å². The van der Waals surface area contributed by atoms with Crippen molar-refractivity contribution in [3.05, 3.63) is 83.3 Å². The number of furan rings is 1. The zero-order valence-corrected chi connectivity index (χ0v) is 17.7. The number of rotatable bonds is 7. The molecule has 3 aromatic rings. The molecular formula is C24H23F2N3O4. The summed E-state index contributed by atoms with van der Waals surface area (Å²) in [6, 6.07) is 10.0. The highest BCUT2D eigenvalue weighted by Gasteiger charge is 2.26. The molecule has 0 saturated carbocycles. The molecule has 3 N–H and O–H groups in total. The van der Waals surface area contributed by atoms with E-state index in [9.17, 15) is 23.5 Å². The van der Waals surface area contributed by atoms with Gasteiger partial charge in [0.15, 0.2) is 0 Å². The van der Waals surface area contributed by atoms with Gasteiger partial charge in [0, 0.05) is 29.9 Å². The fourth-order valence-electron chi connectivity index (χ4n) is 3.92. The molecule has 1 saturated heterocycles. The van der Waals surface area contributed by atoms with E-state index in [-0.39, 0.29) is 28.6 Å². The predicted octanol–water partition coefficient (Wildman–Crippen LogP) is 4.08. The van der Waals surface area contributed by atoms with Crippen molar-refractivity contribution in [2.75, 3.05) is 25.0 Å². The van der Waals surface area contributed by atoms with Gasteiger partial charge in [-0.3, -0.25) is 14.5 Å². The molecule has 1 atom stereocenters. The van der Waals surface area contributed by atoms with E-state index in [1.165, 1.54) is 18.2 Å². The Morgan fingerprint density at radius 3 is 2.39 bits per heavy atom. The molecule has 1 unspecified atom stereocenters. The molecule has 1 aliphatic heterocycles. The van der Waals surface area contributed by atoms with Crippen LogP contribution in [0.5, 0.6) is 5.75 Å². The van der Waals surface area contributed by atoms with Gasteiger partial charge in [-0.15, -0.1) is 0 Å². The van der Waals surface area contributed by atoms with Crippen LogP contribution in [0.25, 0.3) is 0 Å². The SMILES string of the molecule is O=C(Nc1ccc(C(=O)NCC(c2ccco2)N2CCCC2)c(O)c1)c1cc(F)cc(F)c1. The molecule has 0 aliphatic carbocycles. The Morgan fingerprint density at radius 1 is 1.03 bits per heavy atom. The number of likely N-dealkylation sites (tertiary alicyclic amines) is 1. The number of phenolic OH excluding ortho intramolecular Hbond substituents is 1. The number of phenols is 1. The minimum Gasteiger partial charge on any atom is -0.507 e. The lowest BCUT2D eigenvalue weighted by molar-refractivity contribution is 0.0930. The average Bonchev–Trinajstić information content (AvgIpc) is 3.48. The fourth-order valence-corrected chi connectivity index (χ4v) is 3.92. The lowest BCUT2D eigenvalue weighted by Gasteiger charge is -2.26. The molecule has 1 fully saturated rings. The summed E-state index contributed by atoms with van der Waals surface area (Å²) in [5.74, 6) is -2.57. The highest BCUT2D eigenvalue weighted by molar-refractivity contribution is 6.05. The van der Waals surface area contributed by atoms with Crippen LogP contribution in [0.2, 0.25) is 0 Å². The Labute approximate surface area is 189 Å². The number of nitrogens with one attached hydrogen (secondary N) is 2. The number of aromatic hydroxyl groups is 1. The molecule has 7 nitrogen and oxygen atoms in total. The number of carbonyl (C=O) groups excluding carboxylic acids is 2. The summed E-state index contributed by atoms with van der Waals surface area (Å²) in [6.07, 6.45) is 3.76. The first-order valence-electron chi connectivity index (χ1n) is 10.6. The van der Waals surface area contributed by atoms with Gasteiger partial charge < -0.3 is 20.2 Å². The molecule has 4 rings (SSSR count). The Morgan fingerprint density at radius 2 is 1.76 bits per heavy atom. The number of hydrogen-bond acceptors (Lipinski definition) is 5. The Kier molecular flexibility index (Phi) is 6.69. The second kappa shape index (κ2) is 9.83. The van der Waals surface area contributed by atoms with E-state index in [0.29, 0.717) is 12.6 Å². The first kappa shape index (κ1) is 22.5. The third-order valence-corrected chi connectivity index (χ3v) is 5.53. The van der Waals surface area contributed by atoms with Gasteiger partial charge in [0.1, 0.15) is 23.1 Å². The standard InChI is InChI=1S/C24H23F2N3O4/c25-16-10-15(11-17(26)12-16)23(31)28-18-5-6-19(21(30)13-18)24(32)27-14-20(22-4-3-9-33-22)29-7-1-2-8-29/h3-6,9-13,20,30H,1-2,7-8,14H2,(H,27,32)(H,28,31). The van der Waals surface area contributed by atoms with Gasteiger partial charge in [-0.25, -0.2) is 8.78 Å². The van der Waals surface area contributed by atoms with Crippen molar-refractivity contribution < 1.29 is 27.9 Å². The van der Waals surface area contributed by atoms with Crippen LogP contribution in [0, 0.1) is 11.6 Å². The van der Waals surface area contributed by atoms with Crippen molar-refractivity contribution in [3.63, 3.8) is 0 Å². The molecule has 0 radical (unpaired) electrons. The number of amides is 2. The van der Waals surface area contributed by atoms with E-state index in [0.717, 1.165) is 43.8 Å². The zero-order chi connectivity index (χ0) is 23.4. The Bertz CT molecular complexity index is 1120. The van der Waals surface area contributed by atoms with Gasteiger partial charge in [-0.2, -0.15) is 0 Å². The van der Waals surface area contributed by atoms with Crippen LogP contribution in [0.4, 0.5) is 14.5 Å². The number of nitrogens with zero attached hydrogens (tertiary/aromatic N) is 1. The molecule has 1 aliphatic rings. The maximum atomic E-state index is 13.3. The summed E-state index contributed by atoms with van der Waals surface area (Å²) in [4.78, 5) is 27.2. The number of benzene rings is 2. The average molecular weight is 455 g/mol. The number of hydrogen-bond donors (Lipinski definition) is 3. The third-order valence-electron chi connectivity index (χ3n) is 5.53. The van der Waals surface area contributed by atoms with Crippen molar-refractivity contribution in [2.24, 2.45) is 0 Å². The van der Waals surface area contributed by atoms with E-state index < -0.39 is 23.4 Å². The molecule has 1 aromatic heterocycles. The highest BCUT2D eigenvalue weighted by atomic mass is 19.1. The Hall–Kier alpha value is -3.72. The van der Waals surface area contributed by atoms with Gasteiger partial charge >= 0.3 is 0 Å². The molecule has 0 bridgehead atoms. The molecule has 33 heavy (non-hydrogen) atoms. The smallest absolute Gasteiger partial charge is 0.255 e. The molecule has 2 amide bonds. The molecule has 9 heteroatoms. The van der Waals surface area contributed by atoms with Crippen LogP contribution < -0.4 is 10.6 Å². The zero-order valence-electron chi connectivity index (χ0n) is 17.7. The number of anilines is 1. The summed E-state index contributed by atoms with van der Waals surface area (Å²) in [5.41, 5.74) is -0.00615. The van der Waals surface area contributed by atoms with Crippen LogP contribution in [-0.2, 0) is 0 Å². The van der Waals surface area contributed by atoms with Crippen molar-refractivity contribution in [3.8, 4) is 5.75 Å². The topological polar surface area (TPSA) is 94.8 Å².